The Bertz CT molecular complexity index is 794. The largest absolute Gasteiger partial charge is 0.319 e. The maximum absolute atomic E-state index is 12.4. The second-order valence-electron chi connectivity index (χ2n) is 4.99. The van der Waals surface area contributed by atoms with E-state index in [-0.39, 0.29) is 11.3 Å². The Labute approximate surface area is 128 Å². The molecule has 6 heteroatoms. The average molecular weight is 326 g/mol. The Morgan fingerprint density at radius 1 is 1.19 bits per heavy atom. The Kier molecular flexibility index (Phi) is 4.54. The van der Waals surface area contributed by atoms with Crippen LogP contribution >= 0.6 is 11.6 Å². The number of hydrogen-bond donors (Lipinski definition) is 0. The molecule has 0 spiro atoms. The number of halogens is 1. The lowest BCUT2D eigenvalue weighted by Gasteiger charge is -2.13. The summed E-state index contributed by atoms with van der Waals surface area (Å²) in [6, 6.07) is 9.74. The van der Waals surface area contributed by atoms with Gasteiger partial charge in [0.1, 0.15) is 0 Å². The van der Waals surface area contributed by atoms with Crippen molar-refractivity contribution in [2.75, 3.05) is 0 Å². The van der Waals surface area contributed by atoms with Crippen LogP contribution < -0.4 is 5.56 Å². The number of hydrogen-bond acceptors (Lipinski definition) is 3. The second-order valence-corrected chi connectivity index (χ2v) is 7.74. The summed E-state index contributed by atoms with van der Waals surface area (Å²) in [6.45, 7) is 1.64. The first kappa shape index (κ1) is 15.8. The van der Waals surface area contributed by atoms with Crippen molar-refractivity contribution in [1.29, 1.82) is 0 Å². The number of pyridine rings is 1. The van der Waals surface area contributed by atoms with Crippen LogP contribution in [0.2, 0.25) is 5.02 Å². The molecule has 0 bridgehead atoms. The van der Waals surface area contributed by atoms with Gasteiger partial charge in [0.2, 0.25) is 0 Å². The molecule has 0 saturated carbocycles. The number of rotatable bonds is 4. The molecular weight excluding hydrogens is 310 g/mol. The summed E-state index contributed by atoms with van der Waals surface area (Å²) < 4.78 is 26.3. The Balaban J connectivity index is 2.27. The number of aromatic nitrogens is 1. The Hall–Kier alpha value is -1.59. The van der Waals surface area contributed by atoms with Gasteiger partial charge in [0.25, 0.3) is 5.56 Å². The van der Waals surface area contributed by atoms with E-state index in [2.05, 4.69) is 0 Å². The lowest BCUT2D eigenvalue weighted by Crippen LogP contribution is -2.18. The minimum absolute atomic E-state index is 0.160. The molecule has 1 aromatic carbocycles. The molecule has 0 aliphatic heterocycles. The summed E-state index contributed by atoms with van der Waals surface area (Å²) >= 11 is 5.81. The first-order valence-corrected chi connectivity index (χ1v) is 8.51. The van der Waals surface area contributed by atoms with E-state index in [0.717, 1.165) is 0 Å². The van der Waals surface area contributed by atoms with Gasteiger partial charge < -0.3 is 4.57 Å². The van der Waals surface area contributed by atoms with Gasteiger partial charge >= 0.3 is 0 Å². The van der Waals surface area contributed by atoms with Crippen molar-refractivity contribution in [2.45, 2.75) is 17.9 Å². The van der Waals surface area contributed by atoms with Crippen LogP contribution in [-0.4, -0.2) is 13.0 Å². The lowest BCUT2D eigenvalue weighted by molar-refractivity contribution is 0.585. The smallest absolute Gasteiger partial charge is 0.250 e. The fourth-order valence-corrected chi connectivity index (χ4v) is 3.57. The normalized spacial score (nSPS) is 13.1. The predicted molar refractivity (Wildman–Crippen MR) is 84.2 cm³/mol. The molecule has 0 saturated heterocycles. The van der Waals surface area contributed by atoms with Gasteiger partial charge in [-0.25, -0.2) is 8.42 Å². The fourth-order valence-electron chi connectivity index (χ4n) is 1.98. The van der Waals surface area contributed by atoms with Gasteiger partial charge in [-0.15, -0.1) is 0 Å². The van der Waals surface area contributed by atoms with Crippen molar-refractivity contribution in [3.05, 3.63) is 69.1 Å². The number of sulfone groups is 1. The molecule has 0 N–H and O–H groups in total. The third-order valence-corrected chi connectivity index (χ3v) is 5.75. The summed E-state index contributed by atoms with van der Waals surface area (Å²) in [4.78, 5) is 11.6. The van der Waals surface area contributed by atoms with Crippen molar-refractivity contribution in [3.8, 4) is 0 Å². The highest BCUT2D eigenvalue weighted by atomic mass is 35.5. The van der Waals surface area contributed by atoms with Gasteiger partial charge in [-0.05, 0) is 36.2 Å². The first-order valence-electron chi connectivity index (χ1n) is 6.42. The number of benzene rings is 1. The predicted octanol–water partition coefficient (Wildman–Crippen LogP) is 2.71. The van der Waals surface area contributed by atoms with Gasteiger partial charge in [-0.1, -0.05) is 23.7 Å². The third kappa shape index (κ3) is 3.74. The van der Waals surface area contributed by atoms with E-state index in [9.17, 15) is 13.2 Å². The number of nitrogens with zero attached hydrogens (tertiary/aromatic N) is 1. The minimum atomic E-state index is -3.40. The standard InChI is InChI=1S/C15H16ClNO3S/c1-11(13-3-5-14(16)6-4-13)21(19,20)10-12-7-8-17(2)15(18)9-12/h3-9,11H,10H2,1-2H3. The summed E-state index contributed by atoms with van der Waals surface area (Å²) in [5, 5.41) is -0.0891. The van der Waals surface area contributed by atoms with E-state index >= 15 is 0 Å². The molecule has 0 radical (unpaired) electrons. The fraction of sp³-hybridized carbons (Fsp3) is 0.267. The summed E-state index contributed by atoms with van der Waals surface area (Å²) in [5.74, 6) is -0.160. The van der Waals surface area contributed by atoms with Crippen LogP contribution in [0, 0.1) is 0 Å². The van der Waals surface area contributed by atoms with Gasteiger partial charge in [-0.3, -0.25) is 4.79 Å². The first-order chi connectivity index (χ1) is 9.79. The van der Waals surface area contributed by atoms with Crippen LogP contribution in [0.15, 0.2) is 47.4 Å². The molecule has 0 fully saturated rings. The maximum Gasteiger partial charge on any atom is 0.250 e. The van der Waals surface area contributed by atoms with Crippen LogP contribution in [0.1, 0.15) is 23.3 Å². The minimum Gasteiger partial charge on any atom is -0.319 e. The summed E-state index contributed by atoms with van der Waals surface area (Å²) in [7, 11) is -1.78. The molecule has 0 aliphatic rings. The highest BCUT2D eigenvalue weighted by molar-refractivity contribution is 7.90. The Morgan fingerprint density at radius 2 is 1.81 bits per heavy atom. The Morgan fingerprint density at radius 3 is 2.38 bits per heavy atom. The van der Waals surface area contributed by atoms with Gasteiger partial charge in [0.05, 0.1) is 11.0 Å². The van der Waals surface area contributed by atoms with E-state index < -0.39 is 15.1 Å². The third-order valence-electron chi connectivity index (χ3n) is 3.41. The van der Waals surface area contributed by atoms with Crippen molar-refractivity contribution in [2.24, 2.45) is 7.05 Å². The van der Waals surface area contributed by atoms with Crippen LogP contribution in [0.4, 0.5) is 0 Å². The van der Waals surface area contributed by atoms with Crippen LogP contribution in [0.3, 0.4) is 0 Å². The number of aryl methyl sites for hydroxylation is 1. The molecule has 112 valence electrons. The monoisotopic (exact) mass is 325 g/mol. The van der Waals surface area contributed by atoms with E-state index in [1.54, 1.807) is 50.5 Å². The molecule has 0 amide bonds. The summed E-state index contributed by atoms with van der Waals surface area (Å²) in [5.41, 5.74) is 0.962. The molecule has 21 heavy (non-hydrogen) atoms. The maximum atomic E-state index is 12.4. The summed E-state index contributed by atoms with van der Waals surface area (Å²) in [6.07, 6.45) is 1.57. The molecule has 0 aliphatic carbocycles. The van der Waals surface area contributed by atoms with E-state index in [1.807, 2.05) is 0 Å². The molecule has 4 nitrogen and oxygen atoms in total. The van der Waals surface area contributed by atoms with Crippen molar-refractivity contribution in [3.63, 3.8) is 0 Å². The molecular formula is C15H16ClNO3S. The van der Waals surface area contributed by atoms with Crippen molar-refractivity contribution < 1.29 is 8.42 Å². The van der Waals surface area contributed by atoms with Gasteiger partial charge in [-0.2, -0.15) is 0 Å². The molecule has 1 unspecified atom stereocenters. The van der Waals surface area contributed by atoms with Gasteiger partial charge in [0.15, 0.2) is 9.84 Å². The SMILES string of the molecule is CC(c1ccc(Cl)cc1)S(=O)(=O)Cc1ccn(C)c(=O)c1. The van der Waals surface area contributed by atoms with Crippen LogP contribution in [0.5, 0.6) is 0 Å². The molecule has 1 aromatic heterocycles. The molecule has 2 rings (SSSR count). The second kappa shape index (κ2) is 6.03. The van der Waals surface area contributed by atoms with Crippen molar-refractivity contribution in [1.82, 2.24) is 4.57 Å². The van der Waals surface area contributed by atoms with Gasteiger partial charge in [0, 0.05) is 24.3 Å². The highest BCUT2D eigenvalue weighted by Gasteiger charge is 2.23. The zero-order chi connectivity index (χ0) is 15.6. The topological polar surface area (TPSA) is 56.1 Å². The highest BCUT2D eigenvalue weighted by Crippen LogP contribution is 2.26. The molecule has 1 heterocycles. The lowest BCUT2D eigenvalue weighted by atomic mass is 10.2. The van der Waals surface area contributed by atoms with E-state index in [4.69, 9.17) is 11.6 Å². The van der Waals surface area contributed by atoms with Crippen molar-refractivity contribution >= 4 is 21.4 Å². The zero-order valence-electron chi connectivity index (χ0n) is 11.8. The molecule has 2 aromatic rings. The van der Waals surface area contributed by atoms with Crippen LogP contribution in [-0.2, 0) is 22.6 Å². The van der Waals surface area contributed by atoms with Crippen LogP contribution in [0.25, 0.3) is 0 Å². The van der Waals surface area contributed by atoms with E-state index in [0.29, 0.717) is 16.1 Å². The van der Waals surface area contributed by atoms with E-state index in [1.165, 1.54) is 10.6 Å². The molecule has 1 atom stereocenters. The average Bonchev–Trinajstić information content (AvgIpc) is 2.43. The quantitative estimate of drug-likeness (QED) is 0.868. The zero-order valence-corrected chi connectivity index (χ0v) is 13.4.